The van der Waals surface area contributed by atoms with Crippen molar-refractivity contribution in [1.29, 1.82) is 0 Å². The first-order valence-electron chi connectivity index (χ1n) is 6.30. The first-order chi connectivity index (χ1) is 9.65. The first-order valence-corrected chi connectivity index (χ1v) is 6.30. The zero-order valence-electron chi connectivity index (χ0n) is 10.9. The van der Waals surface area contributed by atoms with Crippen LogP contribution in [0.4, 0.5) is 0 Å². The maximum absolute atomic E-state index is 12.0. The summed E-state index contributed by atoms with van der Waals surface area (Å²) in [7, 11) is 0. The molecule has 0 spiro atoms. The molecule has 0 aliphatic carbocycles. The number of nitrogens with zero attached hydrogens (tertiary/aromatic N) is 1. The standard InChI is InChI=1S/C15H14N2O3/c1-2-9-16-13(18)8-5-10-17-14(19)11-6-3-4-7-12(11)15(17)20/h1,3-4,6-7H,5,8-10H2,(H,16,18). The number of hydrogen-bond acceptors (Lipinski definition) is 3. The molecule has 1 aliphatic rings. The lowest BCUT2D eigenvalue weighted by Gasteiger charge is -2.13. The fourth-order valence-electron chi connectivity index (χ4n) is 2.08. The number of benzene rings is 1. The molecular formula is C15H14N2O3. The smallest absolute Gasteiger partial charge is 0.261 e. The largest absolute Gasteiger partial charge is 0.345 e. The summed E-state index contributed by atoms with van der Waals surface area (Å²) in [4.78, 5) is 36.6. The molecule has 0 atom stereocenters. The van der Waals surface area contributed by atoms with Crippen LogP contribution in [0.3, 0.4) is 0 Å². The Hall–Kier alpha value is -2.61. The summed E-state index contributed by atoms with van der Waals surface area (Å²) < 4.78 is 0. The van der Waals surface area contributed by atoms with E-state index in [1.165, 1.54) is 4.90 Å². The van der Waals surface area contributed by atoms with E-state index >= 15 is 0 Å². The average Bonchev–Trinajstić information content (AvgIpc) is 2.70. The normalized spacial score (nSPS) is 13.1. The van der Waals surface area contributed by atoms with E-state index < -0.39 is 0 Å². The number of carbonyl (C=O) groups is 3. The van der Waals surface area contributed by atoms with Gasteiger partial charge in [-0.25, -0.2) is 0 Å². The summed E-state index contributed by atoms with van der Waals surface area (Å²) in [5.41, 5.74) is 0.851. The number of amides is 3. The minimum atomic E-state index is -0.297. The van der Waals surface area contributed by atoms with Crippen molar-refractivity contribution in [2.75, 3.05) is 13.1 Å². The van der Waals surface area contributed by atoms with Crippen LogP contribution in [0, 0.1) is 12.3 Å². The van der Waals surface area contributed by atoms with E-state index in [2.05, 4.69) is 11.2 Å². The molecule has 1 heterocycles. The fraction of sp³-hybridized carbons (Fsp3) is 0.267. The quantitative estimate of drug-likeness (QED) is 0.636. The SMILES string of the molecule is C#CCNC(=O)CCCN1C(=O)c2ccccc2C1=O. The molecule has 0 saturated heterocycles. The molecule has 1 aliphatic heterocycles. The molecule has 0 radical (unpaired) electrons. The van der Waals surface area contributed by atoms with Gasteiger partial charge in [-0.2, -0.15) is 0 Å². The van der Waals surface area contributed by atoms with Crippen LogP contribution < -0.4 is 5.32 Å². The Morgan fingerprint density at radius 2 is 1.80 bits per heavy atom. The van der Waals surface area contributed by atoms with Crippen molar-refractivity contribution in [2.45, 2.75) is 12.8 Å². The number of fused-ring (bicyclic) bond motifs is 1. The van der Waals surface area contributed by atoms with Gasteiger partial charge < -0.3 is 5.32 Å². The van der Waals surface area contributed by atoms with Gasteiger partial charge >= 0.3 is 0 Å². The van der Waals surface area contributed by atoms with Crippen molar-refractivity contribution in [2.24, 2.45) is 0 Å². The topological polar surface area (TPSA) is 66.5 Å². The second-order valence-corrected chi connectivity index (χ2v) is 4.39. The van der Waals surface area contributed by atoms with Gasteiger partial charge in [0.15, 0.2) is 0 Å². The van der Waals surface area contributed by atoms with Crippen molar-refractivity contribution < 1.29 is 14.4 Å². The van der Waals surface area contributed by atoms with E-state index in [0.29, 0.717) is 17.5 Å². The molecule has 3 amide bonds. The predicted octanol–water partition coefficient (Wildman–Crippen LogP) is 0.812. The van der Waals surface area contributed by atoms with E-state index in [1.807, 2.05) is 0 Å². The predicted molar refractivity (Wildman–Crippen MR) is 72.9 cm³/mol. The second kappa shape index (κ2) is 6.02. The number of hydrogen-bond donors (Lipinski definition) is 1. The molecule has 0 aromatic heterocycles. The van der Waals surface area contributed by atoms with Crippen molar-refractivity contribution in [1.82, 2.24) is 10.2 Å². The van der Waals surface area contributed by atoms with Crippen LogP contribution >= 0.6 is 0 Å². The highest BCUT2D eigenvalue weighted by molar-refractivity contribution is 6.21. The fourth-order valence-corrected chi connectivity index (χ4v) is 2.08. The van der Waals surface area contributed by atoms with Gasteiger partial charge in [-0.05, 0) is 18.6 Å². The molecule has 1 N–H and O–H groups in total. The van der Waals surface area contributed by atoms with Crippen molar-refractivity contribution in [3.63, 3.8) is 0 Å². The van der Waals surface area contributed by atoms with Crippen molar-refractivity contribution >= 4 is 17.7 Å². The van der Waals surface area contributed by atoms with Gasteiger partial charge in [-0.15, -0.1) is 6.42 Å². The highest BCUT2D eigenvalue weighted by Crippen LogP contribution is 2.22. The van der Waals surface area contributed by atoms with Crippen LogP contribution in [0.1, 0.15) is 33.6 Å². The Morgan fingerprint density at radius 3 is 2.35 bits per heavy atom. The highest BCUT2D eigenvalue weighted by atomic mass is 16.2. The molecule has 2 rings (SSSR count). The van der Waals surface area contributed by atoms with Gasteiger partial charge in [0.1, 0.15) is 0 Å². The monoisotopic (exact) mass is 270 g/mol. The third-order valence-corrected chi connectivity index (χ3v) is 3.05. The second-order valence-electron chi connectivity index (χ2n) is 4.39. The minimum absolute atomic E-state index is 0.181. The van der Waals surface area contributed by atoms with E-state index in [0.717, 1.165) is 0 Å². The minimum Gasteiger partial charge on any atom is -0.345 e. The lowest BCUT2D eigenvalue weighted by atomic mass is 10.1. The molecule has 20 heavy (non-hydrogen) atoms. The number of terminal acetylenes is 1. The van der Waals surface area contributed by atoms with Crippen LogP contribution in [0.5, 0.6) is 0 Å². The zero-order valence-corrected chi connectivity index (χ0v) is 10.9. The Balaban J connectivity index is 1.90. The molecule has 0 bridgehead atoms. The summed E-state index contributed by atoms with van der Waals surface area (Å²) in [5, 5.41) is 2.53. The van der Waals surface area contributed by atoms with Gasteiger partial charge in [0, 0.05) is 13.0 Å². The van der Waals surface area contributed by atoms with E-state index in [4.69, 9.17) is 6.42 Å². The molecule has 0 fully saturated rings. The Morgan fingerprint density at radius 1 is 1.20 bits per heavy atom. The maximum Gasteiger partial charge on any atom is 0.261 e. The van der Waals surface area contributed by atoms with Crippen LogP contribution in [-0.4, -0.2) is 35.7 Å². The van der Waals surface area contributed by atoms with Crippen LogP contribution in [0.15, 0.2) is 24.3 Å². The third kappa shape index (κ3) is 2.69. The number of nitrogens with one attached hydrogen (secondary N) is 1. The van der Waals surface area contributed by atoms with Crippen LogP contribution in [0.25, 0.3) is 0 Å². The molecule has 102 valence electrons. The van der Waals surface area contributed by atoms with E-state index in [1.54, 1.807) is 24.3 Å². The van der Waals surface area contributed by atoms with Gasteiger partial charge in [-0.1, -0.05) is 18.1 Å². The van der Waals surface area contributed by atoms with Crippen molar-refractivity contribution in [3.8, 4) is 12.3 Å². The number of imide groups is 1. The lowest BCUT2D eigenvalue weighted by molar-refractivity contribution is -0.121. The Bertz CT molecular complexity index is 566. The van der Waals surface area contributed by atoms with E-state index in [-0.39, 0.29) is 37.2 Å². The summed E-state index contributed by atoms with van der Waals surface area (Å²) in [6.45, 7) is 0.418. The Labute approximate surface area is 117 Å². The lowest BCUT2D eigenvalue weighted by Crippen LogP contribution is -2.32. The van der Waals surface area contributed by atoms with Gasteiger partial charge in [0.2, 0.25) is 5.91 Å². The average molecular weight is 270 g/mol. The molecule has 5 nitrogen and oxygen atoms in total. The number of carbonyl (C=O) groups excluding carboxylic acids is 3. The third-order valence-electron chi connectivity index (χ3n) is 3.05. The van der Waals surface area contributed by atoms with Gasteiger partial charge in [0.05, 0.1) is 17.7 Å². The van der Waals surface area contributed by atoms with Crippen LogP contribution in [-0.2, 0) is 4.79 Å². The summed E-state index contributed by atoms with van der Waals surface area (Å²) >= 11 is 0. The van der Waals surface area contributed by atoms with Gasteiger partial charge in [0.25, 0.3) is 11.8 Å². The zero-order chi connectivity index (χ0) is 14.5. The highest BCUT2D eigenvalue weighted by Gasteiger charge is 2.34. The van der Waals surface area contributed by atoms with Crippen LogP contribution in [0.2, 0.25) is 0 Å². The molecule has 0 unspecified atom stereocenters. The molecule has 1 aromatic carbocycles. The Kier molecular flexibility index (Phi) is 4.16. The molecular weight excluding hydrogens is 256 g/mol. The molecule has 0 saturated carbocycles. The van der Waals surface area contributed by atoms with E-state index in [9.17, 15) is 14.4 Å². The summed E-state index contributed by atoms with van der Waals surface area (Å²) in [6, 6.07) is 6.71. The summed E-state index contributed by atoms with van der Waals surface area (Å²) in [5.74, 6) is 1.53. The molecule has 5 heteroatoms. The number of rotatable bonds is 5. The summed E-state index contributed by atoms with van der Waals surface area (Å²) in [6.07, 6.45) is 5.68. The first kappa shape index (κ1) is 13.8. The van der Waals surface area contributed by atoms with Gasteiger partial charge in [-0.3, -0.25) is 19.3 Å². The maximum atomic E-state index is 12.0. The molecule has 1 aromatic rings. The van der Waals surface area contributed by atoms with Crippen molar-refractivity contribution in [3.05, 3.63) is 35.4 Å².